The summed E-state index contributed by atoms with van der Waals surface area (Å²) >= 11 is 0. The summed E-state index contributed by atoms with van der Waals surface area (Å²) in [7, 11) is 0. The van der Waals surface area contributed by atoms with Crippen LogP contribution in [0, 0.1) is 0 Å². The molecule has 0 aromatic heterocycles. The predicted molar refractivity (Wildman–Crippen MR) is 116 cm³/mol. The fraction of sp³-hybridized carbons (Fsp3) is 0.609. The van der Waals surface area contributed by atoms with Gasteiger partial charge in [-0.2, -0.15) is 0 Å². The van der Waals surface area contributed by atoms with E-state index in [-0.39, 0.29) is 17.7 Å². The first-order chi connectivity index (χ1) is 14.0. The lowest BCUT2D eigenvalue weighted by atomic mass is 10.1. The molecular formula is C23H35N3O3. The van der Waals surface area contributed by atoms with E-state index < -0.39 is 0 Å². The lowest BCUT2D eigenvalue weighted by Crippen LogP contribution is -2.35. The first kappa shape index (κ1) is 22.9. The molecule has 6 nitrogen and oxygen atoms in total. The second kappa shape index (κ2) is 12.2. The summed E-state index contributed by atoms with van der Waals surface area (Å²) in [4.78, 5) is 40.2. The van der Waals surface area contributed by atoms with Crippen LogP contribution < -0.4 is 10.2 Å². The zero-order chi connectivity index (χ0) is 21.1. The molecule has 1 saturated heterocycles. The van der Waals surface area contributed by atoms with Gasteiger partial charge in [-0.15, -0.1) is 0 Å². The van der Waals surface area contributed by atoms with Crippen LogP contribution in [0.5, 0.6) is 0 Å². The molecule has 0 unspecified atom stereocenters. The van der Waals surface area contributed by atoms with Gasteiger partial charge in [0.05, 0.1) is 0 Å². The van der Waals surface area contributed by atoms with Crippen molar-refractivity contribution in [1.82, 2.24) is 10.2 Å². The molecule has 160 valence electrons. The lowest BCUT2D eigenvalue weighted by molar-refractivity contribution is -0.131. The monoisotopic (exact) mass is 401 g/mol. The van der Waals surface area contributed by atoms with Crippen molar-refractivity contribution in [1.29, 1.82) is 0 Å². The number of piperidine rings is 1. The number of nitrogens with one attached hydrogen (secondary N) is 1. The zero-order valence-corrected chi connectivity index (χ0v) is 17.9. The molecule has 0 bridgehead atoms. The molecule has 29 heavy (non-hydrogen) atoms. The summed E-state index contributed by atoms with van der Waals surface area (Å²) in [6.45, 7) is 6.90. The molecule has 2 rings (SSSR count). The van der Waals surface area contributed by atoms with E-state index in [0.717, 1.165) is 56.6 Å². The number of hydrogen-bond donors (Lipinski definition) is 1. The van der Waals surface area contributed by atoms with E-state index in [4.69, 9.17) is 0 Å². The van der Waals surface area contributed by atoms with Gasteiger partial charge in [-0.3, -0.25) is 14.4 Å². The third-order valence-electron chi connectivity index (χ3n) is 5.17. The molecule has 0 spiro atoms. The quantitative estimate of drug-likeness (QED) is 0.615. The Hall–Kier alpha value is -2.37. The Kier molecular flexibility index (Phi) is 9.68. The summed E-state index contributed by atoms with van der Waals surface area (Å²) in [5.74, 6) is 0.262. The molecule has 0 atom stereocenters. The molecular weight excluding hydrogens is 366 g/mol. The van der Waals surface area contributed by atoms with E-state index in [1.165, 1.54) is 0 Å². The smallest absolute Gasteiger partial charge is 0.226 e. The van der Waals surface area contributed by atoms with E-state index >= 15 is 0 Å². The van der Waals surface area contributed by atoms with E-state index in [1.807, 2.05) is 34.1 Å². The fourth-order valence-electron chi connectivity index (χ4n) is 3.66. The number of hydrogen-bond acceptors (Lipinski definition) is 3. The van der Waals surface area contributed by atoms with Gasteiger partial charge < -0.3 is 15.1 Å². The Morgan fingerprint density at radius 3 is 2.55 bits per heavy atom. The minimum atomic E-state index is -0.0465. The van der Waals surface area contributed by atoms with Crippen LogP contribution in [0.3, 0.4) is 0 Å². The molecule has 0 aliphatic carbocycles. The standard InChI is InChI=1S/C23H35N3O3/c1-3-14-25(15-4-2)22(28)13-8-11-21(27)24-18-19-9-7-10-20(17-19)26-16-6-5-12-23(26)29/h7,9-10,17H,3-6,8,11-16,18H2,1-2H3,(H,24,27). The second-order valence-corrected chi connectivity index (χ2v) is 7.68. The molecule has 1 aromatic rings. The van der Waals surface area contributed by atoms with Crippen LogP contribution in [-0.4, -0.2) is 42.3 Å². The third-order valence-corrected chi connectivity index (χ3v) is 5.17. The molecule has 0 radical (unpaired) electrons. The highest BCUT2D eigenvalue weighted by atomic mass is 16.2. The van der Waals surface area contributed by atoms with E-state index in [1.54, 1.807) is 0 Å². The summed E-state index contributed by atoms with van der Waals surface area (Å²) in [6.07, 6.45) is 5.83. The van der Waals surface area contributed by atoms with Crippen molar-refractivity contribution >= 4 is 23.4 Å². The highest BCUT2D eigenvalue weighted by molar-refractivity contribution is 5.94. The summed E-state index contributed by atoms with van der Waals surface area (Å²) < 4.78 is 0. The Labute approximate surface area is 174 Å². The molecule has 1 aliphatic rings. The number of carbonyl (C=O) groups is 3. The number of benzene rings is 1. The highest BCUT2D eigenvalue weighted by Crippen LogP contribution is 2.21. The average Bonchev–Trinajstić information content (AvgIpc) is 2.72. The molecule has 6 heteroatoms. The summed E-state index contributed by atoms with van der Waals surface area (Å²) in [5.41, 5.74) is 1.88. The number of nitrogens with zero attached hydrogens (tertiary/aromatic N) is 2. The van der Waals surface area contributed by atoms with Gasteiger partial charge in [0.25, 0.3) is 0 Å². The molecule has 3 amide bonds. The Balaban J connectivity index is 1.75. The van der Waals surface area contributed by atoms with Crippen molar-refractivity contribution in [2.45, 2.75) is 71.8 Å². The van der Waals surface area contributed by atoms with Crippen LogP contribution in [-0.2, 0) is 20.9 Å². The van der Waals surface area contributed by atoms with E-state index in [0.29, 0.717) is 32.2 Å². The molecule has 1 fully saturated rings. The van der Waals surface area contributed by atoms with E-state index in [9.17, 15) is 14.4 Å². The van der Waals surface area contributed by atoms with Gasteiger partial charge in [0.2, 0.25) is 17.7 Å². The van der Waals surface area contributed by atoms with Gasteiger partial charge in [0, 0.05) is 51.1 Å². The SMILES string of the molecule is CCCN(CCC)C(=O)CCCC(=O)NCc1cccc(N2CCCCC2=O)c1. The van der Waals surface area contributed by atoms with Gasteiger partial charge in [0.15, 0.2) is 0 Å². The number of rotatable bonds is 11. The summed E-state index contributed by atoms with van der Waals surface area (Å²) in [5, 5.41) is 2.93. The first-order valence-corrected chi connectivity index (χ1v) is 11.0. The number of anilines is 1. The molecule has 1 aromatic carbocycles. The maximum Gasteiger partial charge on any atom is 0.226 e. The van der Waals surface area contributed by atoms with Crippen LogP contribution in [0.25, 0.3) is 0 Å². The van der Waals surface area contributed by atoms with Gasteiger partial charge in [-0.05, 0) is 49.8 Å². The second-order valence-electron chi connectivity index (χ2n) is 7.68. The van der Waals surface area contributed by atoms with Crippen molar-refractivity contribution in [2.75, 3.05) is 24.5 Å². The Morgan fingerprint density at radius 1 is 1.10 bits per heavy atom. The first-order valence-electron chi connectivity index (χ1n) is 11.0. The summed E-state index contributed by atoms with van der Waals surface area (Å²) in [6, 6.07) is 7.79. The molecule has 1 aliphatic heterocycles. The van der Waals surface area contributed by atoms with E-state index in [2.05, 4.69) is 19.2 Å². The van der Waals surface area contributed by atoms with Gasteiger partial charge in [-0.1, -0.05) is 26.0 Å². The van der Waals surface area contributed by atoms with Crippen LogP contribution in [0.15, 0.2) is 24.3 Å². The Morgan fingerprint density at radius 2 is 1.86 bits per heavy atom. The Bertz CT molecular complexity index is 684. The predicted octanol–water partition coefficient (Wildman–Crippen LogP) is 3.64. The molecule has 1 heterocycles. The van der Waals surface area contributed by atoms with Crippen molar-refractivity contribution in [3.05, 3.63) is 29.8 Å². The fourth-order valence-corrected chi connectivity index (χ4v) is 3.66. The normalized spacial score (nSPS) is 14.0. The zero-order valence-electron chi connectivity index (χ0n) is 17.9. The van der Waals surface area contributed by atoms with Crippen molar-refractivity contribution in [2.24, 2.45) is 0 Å². The lowest BCUT2D eigenvalue weighted by Gasteiger charge is -2.27. The van der Waals surface area contributed by atoms with Crippen LogP contribution in [0.1, 0.15) is 70.8 Å². The largest absolute Gasteiger partial charge is 0.352 e. The maximum atomic E-state index is 12.3. The number of carbonyl (C=O) groups excluding carboxylic acids is 3. The van der Waals surface area contributed by atoms with Crippen LogP contribution in [0.4, 0.5) is 5.69 Å². The molecule has 1 N–H and O–H groups in total. The maximum absolute atomic E-state index is 12.3. The van der Waals surface area contributed by atoms with Crippen LogP contribution in [0.2, 0.25) is 0 Å². The van der Waals surface area contributed by atoms with Gasteiger partial charge in [0.1, 0.15) is 0 Å². The van der Waals surface area contributed by atoms with Gasteiger partial charge in [-0.25, -0.2) is 0 Å². The molecule has 0 saturated carbocycles. The van der Waals surface area contributed by atoms with Crippen molar-refractivity contribution in [3.63, 3.8) is 0 Å². The topological polar surface area (TPSA) is 69.7 Å². The van der Waals surface area contributed by atoms with Gasteiger partial charge >= 0.3 is 0 Å². The van der Waals surface area contributed by atoms with Crippen LogP contribution >= 0.6 is 0 Å². The third kappa shape index (κ3) is 7.52. The average molecular weight is 402 g/mol. The number of amides is 3. The minimum absolute atomic E-state index is 0.0465. The van der Waals surface area contributed by atoms with Crippen molar-refractivity contribution < 1.29 is 14.4 Å². The highest BCUT2D eigenvalue weighted by Gasteiger charge is 2.19. The van der Waals surface area contributed by atoms with Crippen molar-refractivity contribution in [3.8, 4) is 0 Å². The minimum Gasteiger partial charge on any atom is -0.352 e.